The largest absolute Gasteiger partial charge is 0.0654 e. The van der Waals surface area contributed by atoms with Gasteiger partial charge in [0, 0.05) is 7.28 Å². The van der Waals surface area contributed by atoms with E-state index in [4.69, 9.17) is 0 Å². The highest BCUT2D eigenvalue weighted by atomic mass is 79.9. The van der Waals surface area contributed by atoms with E-state index in [9.17, 15) is 0 Å². The first-order chi connectivity index (χ1) is 8.91. The SMILES string of the molecule is CCCCCCCCCCCCCCCC[P]Br. The van der Waals surface area contributed by atoms with Gasteiger partial charge >= 0.3 is 0 Å². The molecule has 2 heteroatoms. The van der Waals surface area contributed by atoms with Crippen molar-refractivity contribution in [3.05, 3.63) is 0 Å². The average molecular weight is 336 g/mol. The lowest BCUT2D eigenvalue weighted by Crippen LogP contribution is -1.83. The maximum absolute atomic E-state index is 3.46. The highest BCUT2D eigenvalue weighted by molar-refractivity contribution is 9.36. The Morgan fingerprint density at radius 3 is 1.22 bits per heavy atom. The summed E-state index contributed by atoms with van der Waals surface area (Å²) in [7, 11) is 1.39. The van der Waals surface area contributed by atoms with Gasteiger partial charge in [-0.3, -0.25) is 0 Å². The molecule has 0 saturated heterocycles. The molecular formula is C16H33BrP. The Morgan fingerprint density at radius 2 is 0.889 bits per heavy atom. The van der Waals surface area contributed by atoms with Gasteiger partial charge in [-0.15, -0.1) is 0 Å². The van der Waals surface area contributed by atoms with Gasteiger partial charge in [0.1, 0.15) is 0 Å². The van der Waals surface area contributed by atoms with Crippen LogP contribution in [0, 0.1) is 0 Å². The Labute approximate surface area is 126 Å². The van der Waals surface area contributed by atoms with Crippen molar-refractivity contribution in [1.82, 2.24) is 0 Å². The standard InChI is InChI=1S/C16H33BrP/c1-2-3-4-5-6-7-8-9-10-11-12-13-14-15-16-18-17/h2-16H2,1H3. The molecule has 0 amide bonds. The van der Waals surface area contributed by atoms with E-state index in [0.29, 0.717) is 0 Å². The topological polar surface area (TPSA) is 0 Å². The normalized spacial score (nSPS) is 11.7. The molecule has 0 aliphatic carbocycles. The minimum Gasteiger partial charge on any atom is -0.0654 e. The number of rotatable bonds is 15. The van der Waals surface area contributed by atoms with Crippen LogP contribution in [0.25, 0.3) is 0 Å². The molecule has 0 aliphatic rings. The average Bonchev–Trinajstić information content (AvgIpc) is 2.39. The van der Waals surface area contributed by atoms with Crippen molar-refractivity contribution in [1.29, 1.82) is 0 Å². The second-order valence-corrected chi connectivity index (χ2v) is 7.63. The summed E-state index contributed by atoms with van der Waals surface area (Å²) >= 11 is 3.46. The van der Waals surface area contributed by atoms with Crippen molar-refractivity contribution in [3.8, 4) is 0 Å². The molecule has 0 spiro atoms. The highest BCUT2D eigenvalue weighted by Gasteiger charge is 1.93. The highest BCUT2D eigenvalue weighted by Crippen LogP contribution is 2.21. The van der Waals surface area contributed by atoms with Crippen LogP contribution in [0.1, 0.15) is 96.8 Å². The van der Waals surface area contributed by atoms with E-state index in [2.05, 4.69) is 22.4 Å². The zero-order valence-corrected chi connectivity index (χ0v) is 14.9. The Kier molecular flexibility index (Phi) is 18.8. The first-order valence-electron chi connectivity index (χ1n) is 8.19. The van der Waals surface area contributed by atoms with Crippen LogP contribution >= 0.6 is 22.8 Å². The minimum atomic E-state index is 1.33. The van der Waals surface area contributed by atoms with Gasteiger partial charge in [-0.25, -0.2) is 0 Å². The van der Waals surface area contributed by atoms with Gasteiger partial charge in [0.15, 0.2) is 0 Å². The van der Waals surface area contributed by atoms with Crippen molar-refractivity contribution in [2.75, 3.05) is 6.16 Å². The van der Waals surface area contributed by atoms with Crippen LogP contribution in [0.15, 0.2) is 0 Å². The van der Waals surface area contributed by atoms with Crippen molar-refractivity contribution >= 4 is 22.8 Å². The van der Waals surface area contributed by atoms with E-state index in [-0.39, 0.29) is 0 Å². The third kappa shape index (κ3) is 16.9. The van der Waals surface area contributed by atoms with Crippen LogP contribution in [-0.2, 0) is 0 Å². The van der Waals surface area contributed by atoms with E-state index in [1.165, 1.54) is 103 Å². The predicted molar refractivity (Wildman–Crippen MR) is 91.0 cm³/mol. The molecule has 0 heterocycles. The molecule has 0 unspecified atom stereocenters. The summed E-state index contributed by atoms with van der Waals surface area (Å²) in [5, 5.41) is 0. The van der Waals surface area contributed by atoms with Crippen molar-refractivity contribution < 1.29 is 0 Å². The van der Waals surface area contributed by atoms with Crippen LogP contribution < -0.4 is 0 Å². The van der Waals surface area contributed by atoms with Crippen LogP contribution in [0.2, 0.25) is 0 Å². The van der Waals surface area contributed by atoms with E-state index < -0.39 is 0 Å². The molecule has 0 aromatic carbocycles. The predicted octanol–water partition coefficient (Wildman–Crippen LogP) is 7.72. The zero-order valence-electron chi connectivity index (χ0n) is 12.4. The quantitative estimate of drug-likeness (QED) is 0.212. The third-order valence-corrected chi connectivity index (χ3v) is 5.15. The number of unbranched alkanes of at least 4 members (excludes halogenated alkanes) is 13. The second kappa shape index (κ2) is 17.9. The van der Waals surface area contributed by atoms with Gasteiger partial charge in [0.25, 0.3) is 0 Å². The maximum atomic E-state index is 3.46. The summed E-state index contributed by atoms with van der Waals surface area (Å²) in [6, 6.07) is 0. The molecule has 0 nitrogen and oxygen atoms in total. The molecular weight excluding hydrogens is 303 g/mol. The Bertz CT molecular complexity index is 123. The van der Waals surface area contributed by atoms with Crippen LogP contribution in [0.5, 0.6) is 0 Å². The number of halogens is 1. The van der Waals surface area contributed by atoms with E-state index in [1.54, 1.807) is 0 Å². The van der Waals surface area contributed by atoms with E-state index >= 15 is 0 Å². The summed E-state index contributed by atoms with van der Waals surface area (Å²) in [6.07, 6.45) is 21.7. The van der Waals surface area contributed by atoms with E-state index in [1.807, 2.05) is 0 Å². The van der Waals surface area contributed by atoms with Gasteiger partial charge in [-0.1, -0.05) is 106 Å². The van der Waals surface area contributed by atoms with Gasteiger partial charge in [-0.05, 0) is 12.6 Å². The summed E-state index contributed by atoms with van der Waals surface area (Å²) in [6.45, 7) is 2.29. The molecule has 0 fully saturated rings. The fraction of sp³-hybridized carbons (Fsp3) is 1.00. The van der Waals surface area contributed by atoms with Gasteiger partial charge in [-0.2, -0.15) is 0 Å². The van der Waals surface area contributed by atoms with Gasteiger partial charge in [0.2, 0.25) is 0 Å². The van der Waals surface area contributed by atoms with Crippen LogP contribution in [-0.4, -0.2) is 6.16 Å². The Hall–Kier alpha value is 0.910. The van der Waals surface area contributed by atoms with Gasteiger partial charge < -0.3 is 0 Å². The lowest BCUT2D eigenvalue weighted by Gasteiger charge is -2.02. The van der Waals surface area contributed by atoms with Crippen LogP contribution in [0.3, 0.4) is 0 Å². The molecule has 0 N–H and O–H groups in total. The molecule has 0 atom stereocenters. The zero-order chi connectivity index (χ0) is 13.3. The fourth-order valence-electron chi connectivity index (χ4n) is 2.37. The van der Waals surface area contributed by atoms with Gasteiger partial charge in [0.05, 0.1) is 0 Å². The summed E-state index contributed by atoms with van der Waals surface area (Å²) in [5.41, 5.74) is 0. The van der Waals surface area contributed by atoms with Crippen molar-refractivity contribution in [2.24, 2.45) is 0 Å². The maximum Gasteiger partial charge on any atom is 0.000773 e. The summed E-state index contributed by atoms with van der Waals surface area (Å²) in [4.78, 5) is 0. The molecule has 1 radical (unpaired) electrons. The lowest BCUT2D eigenvalue weighted by molar-refractivity contribution is 0.538. The molecule has 0 rings (SSSR count). The summed E-state index contributed by atoms with van der Waals surface area (Å²) in [5.74, 6) is 0. The Morgan fingerprint density at radius 1 is 0.556 bits per heavy atom. The molecule has 0 bridgehead atoms. The molecule has 0 saturated carbocycles. The molecule has 18 heavy (non-hydrogen) atoms. The van der Waals surface area contributed by atoms with E-state index in [0.717, 1.165) is 0 Å². The van der Waals surface area contributed by atoms with Crippen LogP contribution in [0.4, 0.5) is 0 Å². The molecule has 0 aromatic heterocycles. The number of hydrogen-bond acceptors (Lipinski definition) is 0. The second-order valence-electron chi connectivity index (χ2n) is 5.44. The fourth-order valence-corrected chi connectivity index (χ4v) is 3.46. The van der Waals surface area contributed by atoms with Crippen molar-refractivity contribution in [2.45, 2.75) is 96.8 Å². The number of hydrogen-bond donors (Lipinski definition) is 0. The minimum absolute atomic E-state index is 1.33. The lowest BCUT2D eigenvalue weighted by atomic mass is 10.0. The molecule has 0 aromatic rings. The summed E-state index contributed by atoms with van der Waals surface area (Å²) < 4.78 is 0. The first-order valence-corrected chi connectivity index (χ1v) is 11.3. The molecule has 0 aliphatic heterocycles. The first kappa shape index (κ1) is 18.9. The third-order valence-electron chi connectivity index (χ3n) is 3.60. The Balaban J connectivity index is 2.86. The molecule has 109 valence electrons. The smallest absolute Gasteiger partial charge is 0.000773 e. The monoisotopic (exact) mass is 335 g/mol. The van der Waals surface area contributed by atoms with Crippen molar-refractivity contribution in [3.63, 3.8) is 0 Å².